The van der Waals surface area contributed by atoms with Crippen molar-refractivity contribution in [2.24, 2.45) is 0 Å². The first-order valence-corrected chi connectivity index (χ1v) is 33.2. The molecule has 0 radical (unpaired) electrons. The zero-order valence-electron chi connectivity index (χ0n) is 47.2. The smallest absolute Gasteiger partial charge is 0.179 e. The molecule has 0 saturated heterocycles. The molecule has 412 valence electrons. The average molecular weight is 1150 g/mol. The number of rotatable bonds is 13. The zero-order chi connectivity index (χ0) is 58.5. The van der Waals surface area contributed by atoms with E-state index in [1.165, 1.54) is 65.8 Å². The van der Waals surface area contributed by atoms with E-state index in [9.17, 15) is 14.0 Å². The van der Waals surface area contributed by atoms with Gasteiger partial charge in [0.2, 0.25) is 0 Å². The normalized spacial score (nSPS) is 11.8. The third-order valence-corrected chi connectivity index (χ3v) is 27.1. The van der Waals surface area contributed by atoms with Gasteiger partial charge in [0.15, 0.2) is 16.1 Å². The molecule has 15 aromatic rings. The van der Waals surface area contributed by atoms with Crippen molar-refractivity contribution < 1.29 is 8.78 Å². The number of aromatic nitrogens is 2. The quantitative estimate of drug-likeness (QED) is 0.0852. The Morgan fingerprint density at radius 2 is 0.552 bits per heavy atom. The number of nitrogens with zero attached hydrogens (tertiary/aromatic N) is 4. The summed E-state index contributed by atoms with van der Waals surface area (Å²) in [6.07, 6.45) is 0. The van der Waals surface area contributed by atoms with E-state index in [0.717, 1.165) is 72.0 Å². The molecule has 4 nitrogen and oxygen atoms in total. The van der Waals surface area contributed by atoms with E-state index in [0.29, 0.717) is 5.56 Å². The van der Waals surface area contributed by atoms with Crippen LogP contribution in [0.5, 0.6) is 0 Å². The van der Waals surface area contributed by atoms with Gasteiger partial charge in [-0.1, -0.05) is 206 Å². The minimum Gasteiger partial charge on any atom is -0.310 e. The molecule has 13 aromatic carbocycles. The molecule has 0 spiro atoms. The lowest BCUT2D eigenvalue weighted by molar-refractivity contribution is 0.627. The molecule has 0 unspecified atom stereocenters. The maximum atomic E-state index is 14.9. The van der Waals surface area contributed by atoms with Gasteiger partial charge >= 0.3 is 0 Å². The van der Waals surface area contributed by atoms with Crippen LogP contribution in [0.3, 0.4) is 0 Å². The number of hydrogen-bond donors (Lipinski definition) is 0. The van der Waals surface area contributed by atoms with E-state index < -0.39 is 16.1 Å². The largest absolute Gasteiger partial charge is 0.310 e. The molecule has 0 aliphatic heterocycles. The molecule has 0 fully saturated rings. The maximum absolute atomic E-state index is 14.9. The summed E-state index contributed by atoms with van der Waals surface area (Å²) < 4.78 is 34.2. The number of hydrogen-bond acceptors (Lipinski definition) is 2. The van der Waals surface area contributed by atoms with Gasteiger partial charge in [-0.3, -0.25) is 0 Å². The number of nitriles is 1. The molecule has 0 N–H and O–H groups in total. The summed E-state index contributed by atoms with van der Waals surface area (Å²) in [5.74, 6) is -0.601. The minimum absolute atomic E-state index is 0.300. The maximum Gasteiger partial charge on any atom is 0.179 e. The van der Waals surface area contributed by atoms with Crippen molar-refractivity contribution in [3.05, 3.63) is 345 Å². The highest BCUT2D eigenvalue weighted by atomic mass is 28.3. The van der Waals surface area contributed by atoms with E-state index in [1.807, 2.05) is 48.5 Å². The summed E-state index contributed by atoms with van der Waals surface area (Å²) in [6, 6.07) is 117. The van der Waals surface area contributed by atoms with Gasteiger partial charge in [0.25, 0.3) is 0 Å². The highest BCUT2D eigenvalue weighted by Gasteiger charge is 2.43. The Balaban J connectivity index is 1.00. The fraction of sp³-hybridized carbons (Fsp3) is 0. The van der Waals surface area contributed by atoms with E-state index in [-0.39, 0.29) is 11.6 Å². The standard InChI is InChI=1S/C79H54F2N4Si2/c80-57-33-39-60(40-34-57)84-76-47-43-62(51-72(76)74-53-70(45-49-78(74)84)86(64-19-7-1-8-20-64,65-21-9-2-10-22-65)66-23-11-3-12-24-66)83(59-37-31-56(55-82)32-38-59)63-44-48-77-73(52-63)75-54-71(46-50-79(75)85(77)61-41-35-58(81)36-42-61)87(67-25-13-4-14-26-67,68-27-15-5-16-28-68)69-29-17-6-18-30-69/h1-54H. The van der Waals surface area contributed by atoms with Crippen LogP contribution in [0.2, 0.25) is 0 Å². The summed E-state index contributed by atoms with van der Waals surface area (Å²) in [5, 5.41) is 24.4. The Labute approximate surface area is 505 Å². The lowest BCUT2D eigenvalue weighted by Gasteiger charge is -2.34. The molecular formula is C79H54F2N4Si2. The Kier molecular flexibility index (Phi) is 13.3. The van der Waals surface area contributed by atoms with Gasteiger partial charge in [0.05, 0.1) is 33.7 Å². The van der Waals surface area contributed by atoms with Crippen LogP contribution in [0.15, 0.2) is 328 Å². The second kappa shape index (κ2) is 21.9. The van der Waals surface area contributed by atoms with Gasteiger partial charge in [0.1, 0.15) is 11.6 Å². The van der Waals surface area contributed by atoms with Crippen LogP contribution in [0.4, 0.5) is 25.8 Å². The van der Waals surface area contributed by atoms with Crippen LogP contribution in [0.1, 0.15) is 5.56 Å². The summed E-state index contributed by atoms with van der Waals surface area (Å²) in [5.41, 5.74) is 8.84. The van der Waals surface area contributed by atoms with Gasteiger partial charge in [0, 0.05) is 50.0 Å². The summed E-state index contributed by atoms with van der Waals surface area (Å²) >= 11 is 0. The minimum atomic E-state index is -2.99. The second-order valence-corrected chi connectivity index (χ2v) is 29.8. The first kappa shape index (κ1) is 52.8. The molecular weight excluding hydrogens is 1100 g/mol. The fourth-order valence-corrected chi connectivity index (χ4v) is 23.3. The Bertz CT molecular complexity index is 4550. The molecule has 0 atom stereocenters. The van der Waals surface area contributed by atoms with Gasteiger partial charge in [-0.15, -0.1) is 0 Å². The number of benzene rings is 13. The van der Waals surface area contributed by atoms with Crippen molar-refractivity contribution in [3.63, 3.8) is 0 Å². The number of anilines is 3. The molecule has 0 bridgehead atoms. The van der Waals surface area contributed by atoms with Crippen LogP contribution in [-0.2, 0) is 0 Å². The van der Waals surface area contributed by atoms with Gasteiger partial charge < -0.3 is 14.0 Å². The zero-order valence-corrected chi connectivity index (χ0v) is 49.2. The van der Waals surface area contributed by atoms with Crippen molar-refractivity contribution in [2.75, 3.05) is 4.90 Å². The topological polar surface area (TPSA) is 36.9 Å². The van der Waals surface area contributed by atoms with Crippen LogP contribution in [-0.4, -0.2) is 25.3 Å². The monoisotopic (exact) mass is 1150 g/mol. The molecule has 2 heterocycles. The summed E-state index contributed by atoms with van der Waals surface area (Å²) in [7, 11) is -5.99. The predicted octanol–water partition coefficient (Wildman–Crippen LogP) is 14.3. The first-order valence-electron chi connectivity index (χ1n) is 29.2. The summed E-state index contributed by atoms with van der Waals surface area (Å²) in [4.78, 5) is 2.28. The molecule has 87 heavy (non-hydrogen) atoms. The van der Waals surface area contributed by atoms with Crippen LogP contribution in [0, 0.1) is 23.0 Å². The first-order chi connectivity index (χ1) is 42.9. The second-order valence-electron chi connectivity index (χ2n) is 22.2. The Hall–Kier alpha value is -11.0. The van der Waals surface area contributed by atoms with Crippen LogP contribution < -0.4 is 46.4 Å². The van der Waals surface area contributed by atoms with Crippen LogP contribution in [0.25, 0.3) is 55.0 Å². The molecule has 0 aliphatic rings. The van der Waals surface area contributed by atoms with Crippen molar-refractivity contribution in [3.8, 4) is 17.4 Å². The Morgan fingerprint density at radius 1 is 0.276 bits per heavy atom. The van der Waals surface area contributed by atoms with Crippen molar-refractivity contribution >= 4 is 118 Å². The van der Waals surface area contributed by atoms with Gasteiger partial charge in [-0.25, -0.2) is 8.78 Å². The number of fused-ring (bicyclic) bond motifs is 6. The molecule has 8 heteroatoms. The third kappa shape index (κ3) is 8.82. The van der Waals surface area contributed by atoms with Crippen molar-refractivity contribution in [1.82, 2.24) is 9.13 Å². The predicted molar refractivity (Wildman–Crippen MR) is 362 cm³/mol. The molecule has 2 aromatic heterocycles. The van der Waals surface area contributed by atoms with Gasteiger partial charge in [-0.2, -0.15) is 5.26 Å². The highest BCUT2D eigenvalue weighted by Crippen LogP contribution is 2.43. The van der Waals surface area contributed by atoms with Crippen LogP contribution >= 0.6 is 0 Å². The third-order valence-electron chi connectivity index (χ3n) is 17.5. The van der Waals surface area contributed by atoms with E-state index in [1.54, 1.807) is 0 Å². The van der Waals surface area contributed by atoms with Gasteiger partial charge in [-0.05, 0) is 163 Å². The highest BCUT2D eigenvalue weighted by molar-refractivity contribution is 7.20. The van der Waals surface area contributed by atoms with Crippen molar-refractivity contribution in [1.29, 1.82) is 5.26 Å². The summed E-state index contributed by atoms with van der Waals surface area (Å²) in [6.45, 7) is 0. The number of halogens is 2. The molecule has 15 rings (SSSR count). The lowest BCUT2D eigenvalue weighted by Crippen LogP contribution is -2.74. The van der Waals surface area contributed by atoms with Crippen molar-refractivity contribution in [2.45, 2.75) is 0 Å². The average Bonchev–Trinajstić information content (AvgIpc) is 1.78. The fourth-order valence-electron chi connectivity index (χ4n) is 13.8. The molecule has 0 aliphatic carbocycles. The molecule has 0 amide bonds. The lowest BCUT2D eigenvalue weighted by atomic mass is 10.1. The van der Waals surface area contributed by atoms with E-state index in [2.05, 4.69) is 275 Å². The van der Waals surface area contributed by atoms with E-state index in [4.69, 9.17) is 0 Å². The molecule has 0 saturated carbocycles. The van der Waals surface area contributed by atoms with E-state index >= 15 is 0 Å². The Morgan fingerprint density at radius 3 is 0.851 bits per heavy atom. The SMILES string of the molecule is N#Cc1ccc(N(c2ccc3c(c2)c2cc([Si](c4ccccc4)(c4ccccc4)c4ccccc4)ccc2n3-c2ccc(F)cc2)c2ccc3c(c2)c2cc([Si](c4ccccc4)(c4ccccc4)c4ccccc4)ccc2n3-c2ccc(F)cc2)cc1.